The Labute approximate surface area is 91.3 Å². The van der Waals surface area contributed by atoms with Gasteiger partial charge < -0.3 is 5.32 Å². The lowest BCUT2D eigenvalue weighted by Gasteiger charge is -2.15. The molecule has 1 atom stereocenters. The van der Waals surface area contributed by atoms with Gasteiger partial charge in [-0.05, 0) is 32.4 Å². The molecular weight excluding hydrogens is 223 g/mol. The topological polar surface area (TPSA) is 12.0 Å². The molecule has 1 nitrogen and oxygen atoms in total. The maximum atomic E-state index is 12.0. The Kier molecular flexibility index (Phi) is 3.78. The first-order valence-electron chi connectivity index (χ1n) is 4.66. The van der Waals surface area contributed by atoms with Crippen molar-refractivity contribution in [3.05, 3.63) is 21.4 Å². The van der Waals surface area contributed by atoms with E-state index in [9.17, 15) is 13.2 Å². The number of aryl methyl sites for hydroxylation is 2. The minimum atomic E-state index is -4.15. The van der Waals surface area contributed by atoms with Gasteiger partial charge in [-0.3, -0.25) is 0 Å². The quantitative estimate of drug-likeness (QED) is 0.847. The summed E-state index contributed by atoms with van der Waals surface area (Å²) in [6.45, 7) is 4.69. The minimum Gasteiger partial charge on any atom is -0.302 e. The van der Waals surface area contributed by atoms with E-state index in [4.69, 9.17) is 0 Å². The van der Waals surface area contributed by atoms with Gasteiger partial charge in [0.1, 0.15) is 0 Å². The molecule has 0 radical (unpaired) electrons. The van der Waals surface area contributed by atoms with E-state index in [0.717, 1.165) is 15.3 Å². The minimum absolute atomic E-state index is 0.253. The van der Waals surface area contributed by atoms with Crippen LogP contribution in [0.4, 0.5) is 13.2 Å². The Bertz CT molecular complexity index is 330. The molecule has 0 amide bonds. The molecule has 0 fully saturated rings. The summed E-state index contributed by atoms with van der Waals surface area (Å²) >= 11 is 1.61. The molecule has 1 rings (SSSR count). The van der Waals surface area contributed by atoms with E-state index in [2.05, 4.69) is 5.32 Å². The third-order valence-corrected chi connectivity index (χ3v) is 3.14. The van der Waals surface area contributed by atoms with E-state index in [-0.39, 0.29) is 6.04 Å². The normalized spacial score (nSPS) is 14.3. The van der Waals surface area contributed by atoms with Gasteiger partial charge in [0.25, 0.3) is 0 Å². The van der Waals surface area contributed by atoms with Gasteiger partial charge in [0.2, 0.25) is 0 Å². The van der Waals surface area contributed by atoms with Gasteiger partial charge in [0, 0.05) is 15.8 Å². The fourth-order valence-electron chi connectivity index (χ4n) is 1.46. The molecule has 0 bridgehead atoms. The van der Waals surface area contributed by atoms with Crippen molar-refractivity contribution in [1.82, 2.24) is 5.32 Å². The van der Waals surface area contributed by atoms with Crippen LogP contribution in [0.1, 0.15) is 28.3 Å². The lowest BCUT2D eigenvalue weighted by molar-refractivity contribution is -0.126. The Morgan fingerprint density at radius 1 is 1.40 bits per heavy atom. The van der Waals surface area contributed by atoms with Gasteiger partial charge in [0.15, 0.2) is 0 Å². The first-order valence-corrected chi connectivity index (χ1v) is 5.48. The standard InChI is InChI=1S/C10H14F3NS/c1-6-4-9(8(3)15-6)7(2)14-5-10(11,12)13/h4,7,14H,5H2,1-3H3. The van der Waals surface area contributed by atoms with Crippen molar-refractivity contribution >= 4 is 11.3 Å². The van der Waals surface area contributed by atoms with E-state index < -0.39 is 12.7 Å². The van der Waals surface area contributed by atoms with Crippen molar-refractivity contribution in [2.45, 2.75) is 33.0 Å². The van der Waals surface area contributed by atoms with E-state index in [0.29, 0.717) is 0 Å². The fourth-order valence-corrected chi connectivity index (χ4v) is 2.48. The highest BCUT2D eigenvalue weighted by Crippen LogP contribution is 2.26. The molecule has 0 spiro atoms. The summed E-state index contributed by atoms with van der Waals surface area (Å²) < 4.78 is 35.9. The van der Waals surface area contributed by atoms with Crippen LogP contribution in [-0.2, 0) is 0 Å². The number of nitrogens with one attached hydrogen (secondary N) is 1. The Hall–Kier alpha value is -0.550. The number of rotatable bonds is 3. The molecule has 1 heterocycles. The van der Waals surface area contributed by atoms with Crippen LogP contribution in [0.3, 0.4) is 0 Å². The van der Waals surface area contributed by atoms with Gasteiger partial charge in [-0.2, -0.15) is 13.2 Å². The fraction of sp³-hybridized carbons (Fsp3) is 0.600. The SMILES string of the molecule is Cc1cc(C(C)NCC(F)(F)F)c(C)s1. The van der Waals surface area contributed by atoms with Crippen molar-refractivity contribution in [1.29, 1.82) is 0 Å². The third kappa shape index (κ3) is 3.83. The lowest BCUT2D eigenvalue weighted by Crippen LogP contribution is -2.30. The number of alkyl halides is 3. The van der Waals surface area contributed by atoms with Gasteiger partial charge in [-0.1, -0.05) is 0 Å². The van der Waals surface area contributed by atoms with Crippen molar-refractivity contribution < 1.29 is 13.2 Å². The summed E-state index contributed by atoms with van der Waals surface area (Å²) in [5.74, 6) is 0. The maximum Gasteiger partial charge on any atom is 0.401 e. The van der Waals surface area contributed by atoms with Gasteiger partial charge in [-0.25, -0.2) is 0 Å². The second-order valence-corrected chi connectivity index (χ2v) is 5.05. The molecule has 15 heavy (non-hydrogen) atoms. The third-order valence-electron chi connectivity index (χ3n) is 2.15. The molecule has 0 aliphatic rings. The molecule has 1 aromatic rings. The van der Waals surface area contributed by atoms with Crippen LogP contribution in [0.15, 0.2) is 6.07 Å². The Morgan fingerprint density at radius 3 is 2.40 bits per heavy atom. The van der Waals surface area contributed by atoms with E-state index in [1.165, 1.54) is 0 Å². The Morgan fingerprint density at radius 2 is 2.00 bits per heavy atom. The van der Waals surface area contributed by atoms with Crippen molar-refractivity contribution in [3.63, 3.8) is 0 Å². The molecule has 1 N–H and O–H groups in total. The van der Waals surface area contributed by atoms with E-state index >= 15 is 0 Å². The van der Waals surface area contributed by atoms with Crippen LogP contribution < -0.4 is 5.32 Å². The van der Waals surface area contributed by atoms with Crippen LogP contribution in [0, 0.1) is 13.8 Å². The molecule has 0 aliphatic carbocycles. The first kappa shape index (κ1) is 12.5. The first-order chi connectivity index (χ1) is 6.79. The van der Waals surface area contributed by atoms with Gasteiger partial charge in [-0.15, -0.1) is 11.3 Å². The zero-order valence-electron chi connectivity index (χ0n) is 8.90. The molecule has 0 saturated heterocycles. The second-order valence-electron chi connectivity index (χ2n) is 3.59. The number of halogens is 3. The summed E-state index contributed by atoms with van der Waals surface area (Å²) in [6, 6.07) is 1.69. The van der Waals surface area contributed by atoms with Crippen LogP contribution in [0.5, 0.6) is 0 Å². The highest BCUT2D eigenvalue weighted by Gasteiger charge is 2.27. The summed E-state index contributed by atoms with van der Waals surface area (Å²) in [6.07, 6.45) is -4.15. The highest BCUT2D eigenvalue weighted by atomic mass is 32.1. The molecule has 86 valence electrons. The van der Waals surface area contributed by atoms with Crippen molar-refractivity contribution in [2.75, 3.05) is 6.54 Å². The van der Waals surface area contributed by atoms with Crippen LogP contribution >= 0.6 is 11.3 Å². The van der Waals surface area contributed by atoms with Crippen molar-refractivity contribution in [2.24, 2.45) is 0 Å². The maximum absolute atomic E-state index is 12.0. The summed E-state index contributed by atoms with van der Waals surface area (Å²) in [5.41, 5.74) is 0.960. The predicted molar refractivity (Wildman–Crippen MR) is 56.3 cm³/mol. The van der Waals surface area contributed by atoms with Gasteiger partial charge in [0.05, 0.1) is 6.54 Å². The van der Waals surface area contributed by atoms with E-state index in [1.807, 2.05) is 19.9 Å². The molecular formula is C10H14F3NS. The number of hydrogen-bond donors (Lipinski definition) is 1. The van der Waals surface area contributed by atoms with Crippen LogP contribution in [0.25, 0.3) is 0 Å². The number of thiophene rings is 1. The molecule has 0 aromatic carbocycles. The molecule has 0 aliphatic heterocycles. The van der Waals surface area contributed by atoms with Gasteiger partial charge >= 0.3 is 6.18 Å². The summed E-state index contributed by atoms with van der Waals surface area (Å²) in [5, 5.41) is 2.47. The summed E-state index contributed by atoms with van der Waals surface area (Å²) in [4.78, 5) is 2.21. The largest absolute Gasteiger partial charge is 0.401 e. The van der Waals surface area contributed by atoms with E-state index in [1.54, 1.807) is 18.3 Å². The molecule has 1 aromatic heterocycles. The monoisotopic (exact) mass is 237 g/mol. The smallest absolute Gasteiger partial charge is 0.302 e. The summed E-state index contributed by atoms with van der Waals surface area (Å²) in [7, 11) is 0. The average Bonchev–Trinajstić information content (AvgIpc) is 2.40. The Balaban J connectivity index is 2.61. The zero-order valence-corrected chi connectivity index (χ0v) is 9.72. The predicted octanol–water partition coefficient (Wildman–Crippen LogP) is 3.58. The second kappa shape index (κ2) is 4.53. The highest BCUT2D eigenvalue weighted by molar-refractivity contribution is 7.12. The lowest BCUT2D eigenvalue weighted by atomic mass is 10.1. The van der Waals surface area contributed by atoms with Crippen molar-refractivity contribution in [3.8, 4) is 0 Å². The zero-order chi connectivity index (χ0) is 11.6. The number of hydrogen-bond acceptors (Lipinski definition) is 2. The molecule has 1 unspecified atom stereocenters. The van der Waals surface area contributed by atoms with Crippen LogP contribution in [0.2, 0.25) is 0 Å². The average molecular weight is 237 g/mol. The van der Waals surface area contributed by atoms with Crippen LogP contribution in [-0.4, -0.2) is 12.7 Å². The molecule has 5 heteroatoms. The molecule has 0 saturated carbocycles.